The Labute approximate surface area is 183 Å². The number of rotatable bonds is 7. The summed E-state index contributed by atoms with van der Waals surface area (Å²) in [4.78, 5) is 18.2. The van der Waals surface area contributed by atoms with E-state index in [1.807, 2.05) is 86.0 Å². The molecule has 3 aromatic rings. The van der Waals surface area contributed by atoms with Gasteiger partial charge in [-0.1, -0.05) is 97.1 Å². The largest absolute Gasteiger partial charge is 0.359 e. The lowest BCUT2D eigenvalue weighted by Gasteiger charge is -2.07. The van der Waals surface area contributed by atoms with Crippen LogP contribution in [0, 0.1) is 0 Å². The molecule has 0 radical (unpaired) electrons. The second-order valence-corrected chi connectivity index (χ2v) is 7.60. The van der Waals surface area contributed by atoms with Crippen LogP contribution in [0.25, 0.3) is 11.3 Å². The zero-order chi connectivity index (χ0) is 21.6. The fraction of sp³-hybridized carbons (Fsp3) is 0.148. The molecule has 0 fully saturated rings. The molecular formula is C27H26N3O+. The number of aromatic nitrogens is 2. The third-order valence-electron chi connectivity index (χ3n) is 5.25. The summed E-state index contributed by atoms with van der Waals surface area (Å²) in [6.45, 7) is 6.07. The van der Waals surface area contributed by atoms with Gasteiger partial charge in [0.05, 0.1) is 0 Å². The summed E-state index contributed by atoms with van der Waals surface area (Å²) in [5.74, 6) is 0.785. The van der Waals surface area contributed by atoms with Crippen molar-refractivity contribution in [2.75, 3.05) is 5.32 Å². The first-order chi connectivity index (χ1) is 15.2. The Morgan fingerprint density at radius 3 is 2.52 bits per heavy atom. The summed E-state index contributed by atoms with van der Waals surface area (Å²) in [5, 5.41) is 3.41. The molecule has 2 heterocycles. The second-order valence-electron chi connectivity index (χ2n) is 7.60. The monoisotopic (exact) mass is 408 g/mol. The molecule has 4 nitrogen and oxygen atoms in total. The van der Waals surface area contributed by atoms with Crippen molar-refractivity contribution in [2.45, 2.75) is 25.8 Å². The van der Waals surface area contributed by atoms with Crippen molar-refractivity contribution in [3.63, 3.8) is 0 Å². The van der Waals surface area contributed by atoms with E-state index in [2.05, 4.69) is 24.0 Å². The normalized spacial score (nSPS) is 15.4. The quantitative estimate of drug-likeness (QED) is 0.435. The number of fused-ring (bicyclic) bond motifs is 1. The van der Waals surface area contributed by atoms with Gasteiger partial charge in [-0.2, -0.15) is 4.57 Å². The Kier molecular flexibility index (Phi) is 6.18. The van der Waals surface area contributed by atoms with Gasteiger partial charge in [0.2, 0.25) is 0 Å². The van der Waals surface area contributed by atoms with Gasteiger partial charge in [0, 0.05) is 18.4 Å². The second kappa shape index (κ2) is 9.35. The Balaban J connectivity index is 1.69. The van der Waals surface area contributed by atoms with Gasteiger partial charge >= 0.3 is 11.7 Å². The van der Waals surface area contributed by atoms with Crippen molar-refractivity contribution in [2.24, 2.45) is 0 Å². The highest BCUT2D eigenvalue weighted by atomic mass is 16.2. The minimum Gasteiger partial charge on any atom is -0.258 e. The van der Waals surface area contributed by atoms with E-state index in [-0.39, 0.29) is 11.9 Å². The van der Waals surface area contributed by atoms with Crippen LogP contribution in [0.15, 0.2) is 103 Å². The third-order valence-corrected chi connectivity index (χ3v) is 5.25. The van der Waals surface area contributed by atoms with Crippen molar-refractivity contribution in [1.29, 1.82) is 0 Å². The zero-order valence-electron chi connectivity index (χ0n) is 17.7. The van der Waals surface area contributed by atoms with Gasteiger partial charge in [0.15, 0.2) is 6.04 Å². The van der Waals surface area contributed by atoms with Crippen LogP contribution in [0.4, 0.5) is 5.82 Å². The number of carbonyl (C=O) groups is 1. The van der Waals surface area contributed by atoms with Crippen molar-refractivity contribution >= 4 is 11.7 Å². The molecule has 154 valence electrons. The summed E-state index contributed by atoms with van der Waals surface area (Å²) in [7, 11) is 0. The van der Waals surface area contributed by atoms with Crippen LogP contribution in [-0.2, 0) is 6.42 Å². The topological polar surface area (TPSA) is 45.9 Å². The van der Waals surface area contributed by atoms with Crippen LogP contribution in [-0.4, -0.2) is 16.9 Å². The van der Waals surface area contributed by atoms with Crippen molar-refractivity contribution in [3.05, 3.63) is 115 Å². The number of carbonyl (C=O) groups excluding carboxylic acids is 1. The number of anilines is 1. The molecule has 1 aliphatic rings. The van der Waals surface area contributed by atoms with Crippen molar-refractivity contribution < 1.29 is 9.36 Å². The number of hydrogen-bond acceptors (Lipinski definition) is 3. The molecule has 31 heavy (non-hydrogen) atoms. The average Bonchev–Trinajstić information content (AvgIpc) is 3.11. The molecule has 1 atom stereocenters. The molecule has 0 spiro atoms. The maximum absolute atomic E-state index is 13.2. The van der Waals surface area contributed by atoms with E-state index in [0.717, 1.165) is 33.9 Å². The Morgan fingerprint density at radius 1 is 1.10 bits per heavy atom. The minimum absolute atomic E-state index is 0.0180. The SMILES string of the molecule is C=C(/C=C\C=C/C)CC1Nc2c(Cc3ccccc3)nc(-c3ccccc3)c[n+]2C1=O. The molecule has 4 heteroatoms. The lowest BCUT2D eigenvalue weighted by atomic mass is 10.1. The molecule has 1 aliphatic heterocycles. The summed E-state index contributed by atoms with van der Waals surface area (Å²) in [6, 6.07) is 19.8. The number of allylic oxidation sites excluding steroid dienone is 4. The fourth-order valence-corrected chi connectivity index (χ4v) is 3.71. The Hall–Kier alpha value is -3.79. The van der Waals surface area contributed by atoms with Crippen molar-refractivity contribution in [1.82, 2.24) is 4.98 Å². The summed E-state index contributed by atoms with van der Waals surface area (Å²) in [5.41, 5.74) is 4.69. The number of hydrogen-bond donors (Lipinski definition) is 1. The van der Waals surface area contributed by atoms with E-state index in [4.69, 9.17) is 4.98 Å². The number of nitrogens with one attached hydrogen (secondary N) is 1. The summed E-state index contributed by atoms with van der Waals surface area (Å²) in [6.07, 6.45) is 10.8. The maximum Gasteiger partial charge on any atom is 0.359 e. The van der Waals surface area contributed by atoms with Gasteiger partial charge in [-0.05, 0) is 12.5 Å². The average molecular weight is 409 g/mol. The molecular weight excluding hydrogens is 382 g/mol. The molecule has 1 N–H and O–H groups in total. The number of nitrogens with zero attached hydrogens (tertiary/aromatic N) is 2. The van der Waals surface area contributed by atoms with Gasteiger partial charge in [-0.15, -0.1) is 0 Å². The summed E-state index contributed by atoms with van der Waals surface area (Å²) >= 11 is 0. The first-order valence-corrected chi connectivity index (χ1v) is 10.5. The van der Waals surface area contributed by atoms with Gasteiger partial charge in [0.1, 0.15) is 17.6 Å². The molecule has 0 saturated heterocycles. The predicted octanol–water partition coefficient (Wildman–Crippen LogP) is 5.14. The number of benzene rings is 2. The molecule has 0 saturated carbocycles. The van der Waals surface area contributed by atoms with Crippen molar-refractivity contribution in [3.8, 4) is 11.3 Å². The standard InChI is InChI=1S/C27H25N3O/c1-3-4-7-12-20(2)17-24-27(31)30-19-25(22-15-10-6-11-16-22)28-23(26(30)29-24)18-21-13-8-5-9-14-21/h3-16,19,24H,2,17-18H2,1H3/p+1/b4-3-,12-7-. The van der Waals surface area contributed by atoms with E-state index < -0.39 is 0 Å². The summed E-state index contributed by atoms with van der Waals surface area (Å²) < 4.78 is 1.72. The lowest BCUT2D eigenvalue weighted by Crippen LogP contribution is -2.43. The molecule has 1 unspecified atom stereocenters. The van der Waals surface area contributed by atoms with Crippen LogP contribution in [0.3, 0.4) is 0 Å². The molecule has 0 bridgehead atoms. The van der Waals surface area contributed by atoms with E-state index in [0.29, 0.717) is 12.8 Å². The highest BCUT2D eigenvalue weighted by Crippen LogP contribution is 2.25. The molecule has 1 aromatic heterocycles. The van der Waals surface area contributed by atoms with Gasteiger partial charge < -0.3 is 0 Å². The van der Waals surface area contributed by atoms with Gasteiger partial charge in [-0.25, -0.2) is 9.78 Å². The first kappa shape index (κ1) is 20.5. The fourth-order valence-electron chi connectivity index (χ4n) is 3.71. The molecule has 2 aromatic carbocycles. The van der Waals surface area contributed by atoms with Crippen LogP contribution in [0.2, 0.25) is 0 Å². The highest BCUT2D eigenvalue weighted by Gasteiger charge is 2.40. The van der Waals surface area contributed by atoms with Gasteiger partial charge in [0.25, 0.3) is 0 Å². The van der Waals surface area contributed by atoms with Crippen LogP contribution >= 0.6 is 0 Å². The van der Waals surface area contributed by atoms with E-state index in [1.54, 1.807) is 4.57 Å². The molecule has 0 aliphatic carbocycles. The Morgan fingerprint density at radius 2 is 1.81 bits per heavy atom. The first-order valence-electron chi connectivity index (χ1n) is 10.5. The van der Waals surface area contributed by atoms with E-state index in [9.17, 15) is 4.79 Å². The minimum atomic E-state index is -0.356. The Bertz CT molecular complexity index is 1150. The zero-order valence-corrected chi connectivity index (χ0v) is 17.7. The van der Waals surface area contributed by atoms with E-state index >= 15 is 0 Å². The lowest BCUT2D eigenvalue weighted by molar-refractivity contribution is -0.552. The van der Waals surface area contributed by atoms with Crippen LogP contribution < -0.4 is 9.88 Å². The van der Waals surface area contributed by atoms with Gasteiger partial charge in [-0.3, -0.25) is 5.32 Å². The maximum atomic E-state index is 13.2. The molecule has 0 amide bonds. The third kappa shape index (κ3) is 4.69. The molecule has 4 rings (SSSR count). The smallest absolute Gasteiger partial charge is 0.258 e. The van der Waals surface area contributed by atoms with E-state index in [1.165, 1.54) is 0 Å². The van der Waals surface area contributed by atoms with Crippen LogP contribution in [0.1, 0.15) is 29.4 Å². The van der Waals surface area contributed by atoms with Crippen LogP contribution in [0.5, 0.6) is 0 Å². The highest BCUT2D eigenvalue weighted by molar-refractivity contribution is 5.83. The predicted molar refractivity (Wildman–Crippen MR) is 125 cm³/mol.